The van der Waals surface area contributed by atoms with E-state index < -0.39 is 0 Å². The molecule has 0 radical (unpaired) electrons. The van der Waals surface area contributed by atoms with E-state index in [2.05, 4.69) is 6.92 Å². The van der Waals surface area contributed by atoms with E-state index in [1.165, 1.54) is 11.3 Å². The Hall–Kier alpha value is -1.81. The molecular weight excluding hydrogens is 268 g/mol. The van der Waals surface area contributed by atoms with Crippen LogP contribution in [0, 0.1) is 0 Å². The predicted octanol–water partition coefficient (Wildman–Crippen LogP) is 3.56. The first-order chi connectivity index (χ1) is 9.65. The van der Waals surface area contributed by atoms with Crippen molar-refractivity contribution in [2.75, 3.05) is 12.3 Å². The number of aryl methyl sites for hydroxylation is 1. The first-order valence-corrected chi connectivity index (χ1v) is 7.73. The van der Waals surface area contributed by atoms with Gasteiger partial charge in [0.05, 0.1) is 4.88 Å². The molecule has 0 aliphatic heterocycles. The Morgan fingerprint density at radius 1 is 1.20 bits per heavy atom. The molecule has 1 amide bonds. The van der Waals surface area contributed by atoms with Gasteiger partial charge in [-0.15, -0.1) is 11.3 Å². The fourth-order valence-corrected chi connectivity index (χ4v) is 3.08. The van der Waals surface area contributed by atoms with Gasteiger partial charge in [-0.25, -0.2) is 0 Å². The molecule has 0 aliphatic carbocycles. The van der Waals surface area contributed by atoms with Gasteiger partial charge in [-0.2, -0.15) is 0 Å². The zero-order valence-electron chi connectivity index (χ0n) is 11.9. The van der Waals surface area contributed by atoms with Gasteiger partial charge in [-0.05, 0) is 48.1 Å². The lowest BCUT2D eigenvalue weighted by molar-refractivity contribution is 0.0756. The minimum absolute atomic E-state index is 0.121. The summed E-state index contributed by atoms with van der Waals surface area (Å²) in [7, 11) is 0. The Labute approximate surface area is 124 Å². The van der Waals surface area contributed by atoms with Crippen LogP contribution in [0.3, 0.4) is 0 Å². The fraction of sp³-hybridized carbons (Fsp3) is 0.312. The number of carbonyl (C=O) groups is 1. The smallest absolute Gasteiger partial charge is 0.264 e. The number of anilines is 1. The Balaban J connectivity index is 2.15. The molecular formula is C16H20N2OS. The highest BCUT2D eigenvalue weighted by atomic mass is 32.1. The summed E-state index contributed by atoms with van der Waals surface area (Å²) in [4.78, 5) is 15.3. The first-order valence-electron chi connectivity index (χ1n) is 6.85. The van der Waals surface area contributed by atoms with Crippen LogP contribution >= 0.6 is 11.3 Å². The zero-order chi connectivity index (χ0) is 14.5. The molecule has 106 valence electrons. The predicted molar refractivity (Wildman–Crippen MR) is 85.0 cm³/mol. The summed E-state index contributed by atoms with van der Waals surface area (Å²) in [6, 6.07) is 9.72. The van der Waals surface area contributed by atoms with Crippen molar-refractivity contribution in [2.45, 2.75) is 26.8 Å². The maximum Gasteiger partial charge on any atom is 0.264 e. The Morgan fingerprint density at radius 2 is 1.90 bits per heavy atom. The number of carbonyl (C=O) groups excluding carboxylic acids is 1. The lowest BCUT2D eigenvalue weighted by Crippen LogP contribution is -2.30. The maximum absolute atomic E-state index is 12.6. The van der Waals surface area contributed by atoms with E-state index >= 15 is 0 Å². The van der Waals surface area contributed by atoms with E-state index in [1.54, 1.807) is 0 Å². The number of thiophene rings is 1. The average Bonchev–Trinajstić information content (AvgIpc) is 2.94. The molecule has 20 heavy (non-hydrogen) atoms. The number of hydrogen-bond acceptors (Lipinski definition) is 3. The normalized spacial score (nSPS) is 10.5. The van der Waals surface area contributed by atoms with Gasteiger partial charge in [0.15, 0.2) is 0 Å². The maximum atomic E-state index is 12.6. The minimum atomic E-state index is 0.121. The highest BCUT2D eigenvalue weighted by Crippen LogP contribution is 2.20. The first kappa shape index (κ1) is 14.6. The van der Waals surface area contributed by atoms with Crippen LogP contribution in [0.1, 0.15) is 34.6 Å². The van der Waals surface area contributed by atoms with E-state index in [1.807, 2.05) is 47.5 Å². The van der Waals surface area contributed by atoms with Gasteiger partial charge in [-0.3, -0.25) is 4.79 Å². The number of hydrogen-bond donors (Lipinski definition) is 1. The molecule has 3 nitrogen and oxygen atoms in total. The summed E-state index contributed by atoms with van der Waals surface area (Å²) in [5, 5.41) is 1.99. The summed E-state index contributed by atoms with van der Waals surface area (Å²) in [5.41, 5.74) is 8.67. The Bertz CT molecular complexity index is 574. The molecule has 2 N–H and O–H groups in total. The van der Waals surface area contributed by atoms with Crippen molar-refractivity contribution in [2.24, 2.45) is 0 Å². The number of nitrogens with two attached hydrogens (primary N) is 1. The van der Waals surface area contributed by atoms with Crippen LogP contribution in [-0.2, 0) is 13.0 Å². The van der Waals surface area contributed by atoms with Crippen molar-refractivity contribution in [1.82, 2.24) is 4.90 Å². The van der Waals surface area contributed by atoms with Crippen LogP contribution in [0.15, 0.2) is 35.7 Å². The highest BCUT2D eigenvalue weighted by Gasteiger charge is 2.18. The molecule has 0 spiro atoms. The topological polar surface area (TPSA) is 46.3 Å². The number of nitrogen functional groups attached to an aromatic ring is 1. The monoisotopic (exact) mass is 288 g/mol. The standard InChI is InChI=1S/C16H20N2OS/c1-3-13-9-10-20-15(13)16(19)18(4-2)11-12-5-7-14(17)8-6-12/h5-10H,3-4,11,17H2,1-2H3. The molecule has 0 saturated heterocycles. The summed E-state index contributed by atoms with van der Waals surface area (Å²) in [5.74, 6) is 0.121. The lowest BCUT2D eigenvalue weighted by Gasteiger charge is -2.21. The van der Waals surface area contributed by atoms with Crippen LogP contribution in [0.4, 0.5) is 5.69 Å². The fourth-order valence-electron chi connectivity index (χ4n) is 2.12. The van der Waals surface area contributed by atoms with Crippen molar-refractivity contribution < 1.29 is 4.79 Å². The molecule has 2 rings (SSSR count). The summed E-state index contributed by atoms with van der Waals surface area (Å²) >= 11 is 1.53. The highest BCUT2D eigenvalue weighted by molar-refractivity contribution is 7.12. The van der Waals surface area contributed by atoms with Gasteiger partial charge in [0, 0.05) is 18.8 Å². The molecule has 0 aliphatic rings. The number of benzene rings is 1. The third-order valence-electron chi connectivity index (χ3n) is 3.34. The Morgan fingerprint density at radius 3 is 2.50 bits per heavy atom. The van der Waals surface area contributed by atoms with Crippen LogP contribution in [0.2, 0.25) is 0 Å². The summed E-state index contributed by atoms with van der Waals surface area (Å²) < 4.78 is 0. The number of rotatable bonds is 5. The van der Waals surface area contributed by atoms with Gasteiger partial charge >= 0.3 is 0 Å². The molecule has 2 aromatic rings. The van der Waals surface area contributed by atoms with Crippen LogP contribution in [0.5, 0.6) is 0 Å². The largest absolute Gasteiger partial charge is 0.399 e. The molecule has 1 heterocycles. The van der Waals surface area contributed by atoms with E-state index in [-0.39, 0.29) is 5.91 Å². The molecule has 0 saturated carbocycles. The third-order valence-corrected chi connectivity index (χ3v) is 4.29. The summed E-state index contributed by atoms with van der Waals surface area (Å²) in [6.45, 7) is 5.41. The van der Waals surface area contributed by atoms with Gasteiger partial charge < -0.3 is 10.6 Å². The van der Waals surface area contributed by atoms with Gasteiger partial charge in [0.25, 0.3) is 5.91 Å². The van der Waals surface area contributed by atoms with E-state index in [0.29, 0.717) is 13.1 Å². The van der Waals surface area contributed by atoms with Crippen molar-refractivity contribution in [3.05, 3.63) is 51.7 Å². The van der Waals surface area contributed by atoms with E-state index in [0.717, 1.165) is 28.1 Å². The molecule has 4 heteroatoms. The number of amides is 1. The second-order valence-corrected chi connectivity index (χ2v) is 5.61. The molecule has 1 aromatic carbocycles. The molecule has 1 aromatic heterocycles. The lowest BCUT2D eigenvalue weighted by atomic mass is 10.1. The average molecular weight is 288 g/mol. The van der Waals surface area contributed by atoms with Gasteiger partial charge in [0.1, 0.15) is 0 Å². The molecule has 0 atom stereocenters. The Kier molecular flexibility index (Phi) is 4.79. The second kappa shape index (κ2) is 6.57. The third kappa shape index (κ3) is 3.20. The molecule has 0 fully saturated rings. The minimum Gasteiger partial charge on any atom is -0.399 e. The van der Waals surface area contributed by atoms with Crippen molar-refractivity contribution >= 4 is 22.9 Å². The van der Waals surface area contributed by atoms with Crippen LogP contribution in [-0.4, -0.2) is 17.4 Å². The van der Waals surface area contributed by atoms with Crippen LogP contribution in [0.25, 0.3) is 0 Å². The second-order valence-electron chi connectivity index (χ2n) is 4.69. The quantitative estimate of drug-likeness (QED) is 0.855. The number of nitrogens with zero attached hydrogens (tertiary/aromatic N) is 1. The van der Waals surface area contributed by atoms with Crippen molar-refractivity contribution in [3.8, 4) is 0 Å². The molecule has 0 unspecified atom stereocenters. The van der Waals surface area contributed by atoms with E-state index in [9.17, 15) is 4.79 Å². The van der Waals surface area contributed by atoms with Gasteiger partial charge in [-0.1, -0.05) is 19.1 Å². The van der Waals surface area contributed by atoms with Gasteiger partial charge in [0.2, 0.25) is 0 Å². The summed E-state index contributed by atoms with van der Waals surface area (Å²) in [6.07, 6.45) is 0.893. The van der Waals surface area contributed by atoms with Crippen molar-refractivity contribution in [3.63, 3.8) is 0 Å². The zero-order valence-corrected chi connectivity index (χ0v) is 12.7. The van der Waals surface area contributed by atoms with E-state index in [4.69, 9.17) is 5.73 Å². The SMILES string of the molecule is CCc1ccsc1C(=O)N(CC)Cc1ccc(N)cc1. The van der Waals surface area contributed by atoms with Crippen molar-refractivity contribution in [1.29, 1.82) is 0 Å². The molecule has 0 bridgehead atoms. The van der Waals surface area contributed by atoms with Crippen LogP contribution < -0.4 is 5.73 Å².